The molecular weight excluding hydrogens is 540 g/mol. The lowest BCUT2D eigenvalue weighted by Gasteiger charge is -2.39. The van der Waals surface area contributed by atoms with Crippen molar-refractivity contribution in [3.63, 3.8) is 0 Å². The number of hydrogen-bond acceptors (Lipinski definition) is 7. The van der Waals surface area contributed by atoms with Crippen LogP contribution in [0.1, 0.15) is 19.4 Å². The van der Waals surface area contributed by atoms with Crippen molar-refractivity contribution >= 4 is 29.5 Å². The molecule has 6 atom stereocenters. The highest BCUT2D eigenvalue weighted by Gasteiger charge is 2.74. The fourth-order valence-corrected chi connectivity index (χ4v) is 9.50. The van der Waals surface area contributed by atoms with Crippen LogP contribution in [0.5, 0.6) is 0 Å². The Bertz CT molecular complexity index is 1240. The number of benzene rings is 1. The van der Waals surface area contributed by atoms with E-state index in [0.717, 1.165) is 25.2 Å². The third-order valence-electron chi connectivity index (χ3n) is 9.41. The van der Waals surface area contributed by atoms with Gasteiger partial charge in [0.05, 0.1) is 42.4 Å². The maximum Gasteiger partial charge on any atom is 0.247 e. The number of fused-ring (bicyclic) bond motifs is 2. The molecule has 1 aromatic rings. The van der Waals surface area contributed by atoms with E-state index in [-0.39, 0.29) is 24.3 Å². The highest BCUT2D eigenvalue weighted by molar-refractivity contribution is 8.02. The molecule has 0 bridgehead atoms. The first-order chi connectivity index (χ1) is 19.8. The smallest absolute Gasteiger partial charge is 0.247 e. The summed E-state index contributed by atoms with van der Waals surface area (Å²) in [5.74, 6) is -1.71. The Morgan fingerprint density at radius 1 is 0.951 bits per heavy atom. The molecule has 220 valence electrons. The van der Waals surface area contributed by atoms with Crippen molar-refractivity contribution < 1.29 is 24.2 Å². The van der Waals surface area contributed by atoms with Gasteiger partial charge in [0.2, 0.25) is 17.7 Å². The molecule has 6 rings (SSSR count). The summed E-state index contributed by atoms with van der Waals surface area (Å²) in [4.78, 5) is 50.8. The second-order valence-corrected chi connectivity index (χ2v) is 13.8. The van der Waals surface area contributed by atoms with Gasteiger partial charge in [0, 0.05) is 50.6 Å². The number of aliphatic hydroxyl groups excluding tert-OH is 1. The highest BCUT2D eigenvalue weighted by Crippen LogP contribution is 2.65. The second kappa shape index (κ2) is 11.2. The second-order valence-electron chi connectivity index (χ2n) is 12.0. The molecule has 3 amide bonds. The Labute approximate surface area is 246 Å². The molecule has 0 radical (unpaired) electrons. The van der Waals surface area contributed by atoms with E-state index in [1.165, 1.54) is 0 Å². The Morgan fingerprint density at radius 2 is 1.66 bits per heavy atom. The molecule has 41 heavy (non-hydrogen) atoms. The van der Waals surface area contributed by atoms with Gasteiger partial charge in [-0.15, -0.1) is 11.8 Å². The molecule has 0 saturated carbocycles. The average Bonchev–Trinajstić information content (AvgIpc) is 3.27. The number of hydrogen-bond donors (Lipinski definition) is 1. The topological polar surface area (TPSA) is 93.6 Å². The zero-order valence-electron chi connectivity index (χ0n) is 23.9. The number of amides is 3. The van der Waals surface area contributed by atoms with Crippen LogP contribution in [-0.4, -0.2) is 123 Å². The van der Waals surface area contributed by atoms with Crippen molar-refractivity contribution in [1.29, 1.82) is 0 Å². The first-order valence-electron chi connectivity index (χ1n) is 14.7. The molecule has 0 aliphatic carbocycles. The summed E-state index contributed by atoms with van der Waals surface area (Å²) in [5.41, 5.74) is 1.03. The Kier molecular flexibility index (Phi) is 7.78. The number of rotatable bonds is 7. The molecule has 3 saturated heterocycles. The lowest BCUT2D eigenvalue weighted by Crippen LogP contribution is -2.57. The molecule has 5 aliphatic heterocycles. The minimum absolute atomic E-state index is 0.0596. The van der Waals surface area contributed by atoms with Crippen LogP contribution in [0.3, 0.4) is 0 Å². The zero-order chi connectivity index (χ0) is 28.8. The van der Waals surface area contributed by atoms with Crippen molar-refractivity contribution in [3.05, 3.63) is 60.2 Å². The van der Waals surface area contributed by atoms with E-state index < -0.39 is 33.4 Å². The van der Waals surface area contributed by atoms with E-state index in [2.05, 4.69) is 11.0 Å². The van der Waals surface area contributed by atoms with Crippen molar-refractivity contribution in [2.24, 2.45) is 11.8 Å². The van der Waals surface area contributed by atoms with Gasteiger partial charge in [-0.3, -0.25) is 19.3 Å². The van der Waals surface area contributed by atoms with Crippen LogP contribution < -0.4 is 0 Å². The molecule has 5 heterocycles. The van der Waals surface area contributed by atoms with Crippen LogP contribution in [0.15, 0.2) is 54.6 Å². The van der Waals surface area contributed by atoms with Gasteiger partial charge in [-0.05, 0) is 19.4 Å². The van der Waals surface area contributed by atoms with Crippen molar-refractivity contribution in [2.45, 2.75) is 42.0 Å². The number of ether oxygens (including phenoxy) is 1. The molecular formula is C31H40N4O5S. The van der Waals surface area contributed by atoms with Crippen LogP contribution in [0, 0.1) is 11.8 Å². The minimum Gasteiger partial charge on any atom is -0.394 e. The number of thioether (sulfide) groups is 1. The lowest BCUT2D eigenvalue weighted by molar-refractivity contribution is -0.147. The van der Waals surface area contributed by atoms with Crippen LogP contribution >= 0.6 is 11.8 Å². The molecule has 3 fully saturated rings. The molecule has 5 aliphatic rings. The van der Waals surface area contributed by atoms with Crippen LogP contribution in [-0.2, 0) is 25.7 Å². The van der Waals surface area contributed by atoms with Crippen LogP contribution in [0.25, 0.3) is 0 Å². The molecule has 0 aromatic heterocycles. The van der Waals surface area contributed by atoms with Gasteiger partial charge in [0.1, 0.15) is 6.04 Å². The first-order valence-corrected chi connectivity index (χ1v) is 15.5. The van der Waals surface area contributed by atoms with E-state index >= 15 is 0 Å². The first kappa shape index (κ1) is 28.5. The molecule has 1 aromatic carbocycles. The van der Waals surface area contributed by atoms with Crippen LogP contribution in [0.2, 0.25) is 0 Å². The summed E-state index contributed by atoms with van der Waals surface area (Å²) in [7, 11) is 0. The van der Waals surface area contributed by atoms with E-state index in [1.807, 2.05) is 65.3 Å². The number of morpholine rings is 1. The van der Waals surface area contributed by atoms with Crippen molar-refractivity contribution in [2.75, 3.05) is 59.1 Å². The molecule has 1 unspecified atom stereocenters. The highest BCUT2D eigenvalue weighted by atomic mass is 32.2. The lowest BCUT2D eigenvalue weighted by atomic mass is 9.74. The molecule has 10 heteroatoms. The average molecular weight is 581 g/mol. The summed E-state index contributed by atoms with van der Waals surface area (Å²) in [6.45, 7) is 9.29. The summed E-state index contributed by atoms with van der Waals surface area (Å²) in [6.07, 6.45) is 8.18. The Balaban J connectivity index is 1.35. The van der Waals surface area contributed by atoms with Crippen molar-refractivity contribution in [1.82, 2.24) is 19.6 Å². The summed E-state index contributed by atoms with van der Waals surface area (Å²) in [6, 6.07) is 8.56. The number of aliphatic hydroxyl groups is 1. The van der Waals surface area contributed by atoms with Gasteiger partial charge in [-0.2, -0.15) is 0 Å². The van der Waals surface area contributed by atoms with E-state index in [1.54, 1.807) is 23.6 Å². The summed E-state index contributed by atoms with van der Waals surface area (Å²) < 4.78 is 3.92. The van der Waals surface area contributed by atoms with Crippen LogP contribution in [0.4, 0.5) is 0 Å². The quantitative estimate of drug-likeness (QED) is 0.488. The van der Waals surface area contributed by atoms with E-state index in [9.17, 15) is 19.5 Å². The van der Waals surface area contributed by atoms with Gasteiger partial charge in [-0.1, -0.05) is 54.6 Å². The maximum absolute atomic E-state index is 14.4. The Morgan fingerprint density at radius 3 is 2.39 bits per heavy atom. The Hall–Kier alpha value is -2.66. The summed E-state index contributed by atoms with van der Waals surface area (Å²) in [5, 5.41) is 10.2. The van der Waals surface area contributed by atoms with Crippen molar-refractivity contribution in [3.8, 4) is 0 Å². The minimum atomic E-state index is -0.902. The predicted octanol–water partition coefficient (Wildman–Crippen LogP) is 1.38. The van der Waals surface area contributed by atoms with Gasteiger partial charge in [0.25, 0.3) is 0 Å². The standard InChI is InChI=1S/C31H40N4O5S/c1-22(21-36)35-26-29(39)33(15-14-32-16-18-40-19-17-32)12-7-11-31(26)25(28(35)38)24-27(37)34(13-6-10-30(24,2)41-31)20-23-8-4-3-5-9-23/h3-11,22,24-26,36H,12-21H2,1-2H3/t22-,24-,25+,26?,30+,31+/m1/s1. The number of carbonyl (C=O) groups is 3. The number of nitrogens with zero attached hydrogens (tertiary/aromatic N) is 4. The molecule has 1 spiro atoms. The number of carbonyl (C=O) groups excluding carboxylic acids is 3. The predicted molar refractivity (Wildman–Crippen MR) is 157 cm³/mol. The zero-order valence-corrected chi connectivity index (χ0v) is 24.7. The van der Waals surface area contributed by atoms with Gasteiger partial charge in [-0.25, -0.2) is 0 Å². The summed E-state index contributed by atoms with van der Waals surface area (Å²) >= 11 is 1.59. The molecule has 1 N–H and O–H groups in total. The van der Waals surface area contributed by atoms with Gasteiger partial charge < -0.3 is 24.5 Å². The fraction of sp³-hybridized carbons (Fsp3) is 0.581. The SMILES string of the molecule is C[C@H](CO)N1C(=O)[C@@H]2[C@@H]3C(=O)N(Cc4ccccc4)CC=C[C@]3(C)S[C@@]23C=CCN(CCN2CCOCC2)C(=O)C13. The largest absolute Gasteiger partial charge is 0.394 e. The number of likely N-dealkylation sites (tertiary alicyclic amines) is 1. The van der Waals surface area contributed by atoms with E-state index in [4.69, 9.17) is 4.74 Å². The fourth-order valence-electron chi connectivity index (χ4n) is 7.35. The van der Waals surface area contributed by atoms with Gasteiger partial charge >= 0.3 is 0 Å². The third-order valence-corrected chi connectivity index (χ3v) is 11.2. The normalized spacial score (nSPS) is 34.4. The van der Waals surface area contributed by atoms with E-state index in [0.29, 0.717) is 39.4 Å². The maximum atomic E-state index is 14.4. The molecule has 9 nitrogen and oxygen atoms in total. The monoisotopic (exact) mass is 580 g/mol. The van der Waals surface area contributed by atoms with Gasteiger partial charge in [0.15, 0.2) is 0 Å². The third kappa shape index (κ3) is 4.82.